The quantitative estimate of drug-likeness (QED) is 0.730. The first-order valence-corrected chi connectivity index (χ1v) is 6.87. The van der Waals surface area contributed by atoms with E-state index in [1.807, 2.05) is 85.0 Å². The molecule has 0 saturated heterocycles. The molecule has 2 rings (SSSR count). The second-order valence-electron chi connectivity index (χ2n) is 4.62. The maximum atomic E-state index is 5.53. The molecule has 0 fully saturated rings. The minimum Gasteiger partial charge on any atom is -0.346 e. The van der Waals surface area contributed by atoms with E-state index in [0.717, 1.165) is 11.1 Å². The Morgan fingerprint density at radius 3 is 1.38 bits per heavy atom. The number of hydrogen-bond acceptors (Lipinski definition) is 2. The summed E-state index contributed by atoms with van der Waals surface area (Å²) in [4.78, 5) is 0. The first kappa shape index (κ1) is 15.2. The highest BCUT2D eigenvalue weighted by Crippen LogP contribution is 2.19. The van der Waals surface area contributed by atoms with Gasteiger partial charge in [-0.15, -0.1) is 0 Å². The highest BCUT2D eigenvalue weighted by atomic mass is 16.7. The summed E-state index contributed by atoms with van der Waals surface area (Å²) in [5.74, 6) is -0.869. The zero-order valence-electron chi connectivity index (χ0n) is 12.4. The van der Waals surface area contributed by atoms with Gasteiger partial charge in [0.1, 0.15) is 0 Å². The lowest BCUT2D eigenvalue weighted by molar-refractivity contribution is -0.131. The van der Waals surface area contributed by atoms with Crippen LogP contribution in [0.4, 0.5) is 0 Å². The second-order valence-corrected chi connectivity index (χ2v) is 4.62. The van der Waals surface area contributed by atoms with Gasteiger partial charge in [0, 0.05) is 14.2 Å². The molecule has 0 atom stereocenters. The third-order valence-electron chi connectivity index (χ3n) is 3.25. The number of methoxy groups -OCH3 is 2. The molecule has 0 aromatic heterocycles. The fourth-order valence-electron chi connectivity index (χ4n) is 1.96. The molecule has 0 aliphatic rings. The molecule has 21 heavy (non-hydrogen) atoms. The lowest BCUT2D eigenvalue weighted by Gasteiger charge is -2.23. The second kappa shape index (κ2) is 7.58. The third-order valence-corrected chi connectivity index (χ3v) is 3.25. The van der Waals surface area contributed by atoms with E-state index in [2.05, 4.69) is 0 Å². The Hall–Kier alpha value is -2.16. The van der Waals surface area contributed by atoms with Crippen molar-refractivity contribution >= 4 is 12.2 Å². The van der Waals surface area contributed by atoms with Crippen LogP contribution in [0.5, 0.6) is 0 Å². The minimum absolute atomic E-state index is 0.869. The Morgan fingerprint density at radius 2 is 1.05 bits per heavy atom. The molecule has 0 heterocycles. The fourth-order valence-corrected chi connectivity index (χ4v) is 1.96. The maximum absolute atomic E-state index is 5.53. The summed E-state index contributed by atoms with van der Waals surface area (Å²) in [6, 6.07) is 20.1. The van der Waals surface area contributed by atoms with E-state index in [9.17, 15) is 0 Å². The van der Waals surface area contributed by atoms with E-state index >= 15 is 0 Å². The standard InChI is InChI=1S/C19H20O2/c1-20-19(21-2,15-13-17-9-5-3-6-10-17)16-14-18-11-7-4-8-12-18/h3-16H,1-2H3/b15-13+,16-14+. The number of benzene rings is 2. The number of ether oxygens (including phenoxy) is 2. The molecule has 108 valence electrons. The predicted molar refractivity (Wildman–Crippen MR) is 87.7 cm³/mol. The SMILES string of the molecule is COC(/C=C/c1ccccc1)(/C=C/c1ccccc1)OC. The van der Waals surface area contributed by atoms with Gasteiger partial charge in [-0.05, 0) is 23.3 Å². The zero-order valence-corrected chi connectivity index (χ0v) is 12.4. The van der Waals surface area contributed by atoms with Gasteiger partial charge in [-0.25, -0.2) is 0 Å². The van der Waals surface area contributed by atoms with Crippen molar-refractivity contribution < 1.29 is 9.47 Å². The van der Waals surface area contributed by atoms with E-state index < -0.39 is 5.79 Å². The molecule has 2 heteroatoms. The summed E-state index contributed by atoms with van der Waals surface area (Å²) in [7, 11) is 3.27. The summed E-state index contributed by atoms with van der Waals surface area (Å²) in [6.45, 7) is 0. The first-order valence-electron chi connectivity index (χ1n) is 6.87. The van der Waals surface area contributed by atoms with Crippen LogP contribution in [0.2, 0.25) is 0 Å². The van der Waals surface area contributed by atoms with E-state index in [0.29, 0.717) is 0 Å². The van der Waals surface area contributed by atoms with Crippen molar-refractivity contribution in [1.29, 1.82) is 0 Å². The topological polar surface area (TPSA) is 18.5 Å². The average Bonchev–Trinajstić information content (AvgIpc) is 2.58. The van der Waals surface area contributed by atoms with Crippen LogP contribution in [0.3, 0.4) is 0 Å². The Kier molecular flexibility index (Phi) is 5.50. The molecule has 0 bridgehead atoms. The van der Waals surface area contributed by atoms with Crippen LogP contribution in [0, 0.1) is 0 Å². The maximum Gasteiger partial charge on any atom is 0.208 e. The molecule has 2 aromatic rings. The van der Waals surface area contributed by atoms with E-state index in [1.165, 1.54) is 0 Å². The van der Waals surface area contributed by atoms with Gasteiger partial charge >= 0.3 is 0 Å². The fraction of sp³-hybridized carbons (Fsp3) is 0.158. The van der Waals surface area contributed by atoms with Gasteiger partial charge in [0.15, 0.2) is 0 Å². The van der Waals surface area contributed by atoms with Crippen molar-refractivity contribution in [3.05, 3.63) is 83.9 Å². The summed E-state index contributed by atoms with van der Waals surface area (Å²) in [5, 5.41) is 0. The normalized spacial score (nSPS) is 12.3. The predicted octanol–water partition coefficient (Wildman–Crippen LogP) is 4.40. The summed E-state index contributed by atoms with van der Waals surface area (Å²) >= 11 is 0. The largest absolute Gasteiger partial charge is 0.346 e. The van der Waals surface area contributed by atoms with Crippen molar-refractivity contribution in [1.82, 2.24) is 0 Å². The molecule has 0 amide bonds. The van der Waals surface area contributed by atoms with Gasteiger partial charge in [0.05, 0.1) is 0 Å². The molecule has 0 spiro atoms. The van der Waals surface area contributed by atoms with Gasteiger partial charge in [0.25, 0.3) is 0 Å². The molecule has 0 saturated carbocycles. The lowest BCUT2D eigenvalue weighted by atomic mass is 10.1. The van der Waals surface area contributed by atoms with Crippen LogP contribution in [0.1, 0.15) is 11.1 Å². The highest BCUT2D eigenvalue weighted by Gasteiger charge is 2.21. The van der Waals surface area contributed by atoms with E-state index in [4.69, 9.17) is 9.47 Å². The van der Waals surface area contributed by atoms with Gasteiger partial charge in [0.2, 0.25) is 5.79 Å². The van der Waals surface area contributed by atoms with Crippen molar-refractivity contribution in [2.75, 3.05) is 14.2 Å². The van der Waals surface area contributed by atoms with Gasteiger partial charge in [-0.1, -0.05) is 72.8 Å². The summed E-state index contributed by atoms with van der Waals surface area (Å²) in [6.07, 6.45) is 7.79. The van der Waals surface area contributed by atoms with E-state index in [-0.39, 0.29) is 0 Å². The highest BCUT2D eigenvalue weighted by molar-refractivity contribution is 5.54. The molecule has 0 radical (unpaired) electrons. The summed E-state index contributed by atoms with van der Waals surface area (Å²) < 4.78 is 11.1. The molecular formula is C19H20O2. The monoisotopic (exact) mass is 280 g/mol. The number of rotatable bonds is 6. The van der Waals surface area contributed by atoms with Gasteiger partial charge in [-0.2, -0.15) is 0 Å². The molecule has 0 aliphatic carbocycles. The van der Waals surface area contributed by atoms with Crippen molar-refractivity contribution in [2.24, 2.45) is 0 Å². The Balaban J connectivity index is 2.20. The van der Waals surface area contributed by atoms with Crippen molar-refractivity contribution in [3.63, 3.8) is 0 Å². The third kappa shape index (κ3) is 4.42. The van der Waals surface area contributed by atoms with E-state index in [1.54, 1.807) is 14.2 Å². The van der Waals surface area contributed by atoms with Crippen LogP contribution >= 0.6 is 0 Å². The molecule has 2 aromatic carbocycles. The Labute approximate surface area is 126 Å². The molecule has 0 aliphatic heterocycles. The van der Waals surface area contributed by atoms with Crippen molar-refractivity contribution in [2.45, 2.75) is 5.79 Å². The molecule has 0 N–H and O–H groups in total. The molecule has 0 unspecified atom stereocenters. The molecule has 2 nitrogen and oxygen atoms in total. The van der Waals surface area contributed by atoms with Crippen LogP contribution in [-0.2, 0) is 9.47 Å². The summed E-state index contributed by atoms with van der Waals surface area (Å²) in [5.41, 5.74) is 2.20. The smallest absolute Gasteiger partial charge is 0.208 e. The Bertz CT molecular complexity index is 530. The van der Waals surface area contributed by atoms with Crippen molar-refractivity contribution in [3.8, 4) is 0 Å². The Morgan fingerprint density at radius 1 is 0.667 bits per heavy atom. The van der Waals surface area contributed by atoms with Crippen LogP contribution in [-0.4, -0.2) is 20.0 Å². The van der Waals surface area contributed by atoms with Crippen LogP contribution < -0.4 is 0 Å². The lowest BCUT2D eigenvalue weighted by Crippen LogP contribution is -2.28. The van der Waals surface area contributed by atoms with Gasteiger partial charge < -0.3 is 9.47 Å². The molecular weight excluding hydrogens is 260 g/mol. The zero-order chi connectivity index (χ0) is 15.0. The van der Waals surface area contributed by atoms with Crippen LogP contribution in [0.25, 0.3) is 12.2 Å². The first-order chi connectivity index (χ1) is 10.3. The van der Waals surface area contributed by atoms with Crippen LogP contribution in [0.15, 0.2) is 72.8 Å². The average molecular weight is 280 g/mol. The van der Waals surface area contributed by atoms with Gasteiger partial charge in [-0.3, -0.25) is 0 Å². The number of hydrogen-bond donors (Lipinski definition) is 0. The minimum atomic E-state index is -0.869.